The van der Waals surface area contributed by atoms with Gasteiger partial charge < -0.3 is 16.2 Å². The van der Waals surface area contributed by atoms with Crippen molar-refractivity contribution in [2.24, 2.45) is 0 Å². The van der Waals surface area contributed by atoms with Gasteiger partial charge in [-0.2, -0.15) is 0 Å². The molecule has 0 aliphatic carbocycles. The molecule has 4 N–H and O–H groups in total. The van der Waals surface area contributed by atoms with E-state index >= 15 is 0 Å². The summed E-state index contributed by atoms with van der Waals surface area (Å²) < 4.78 is 14.2. The van der Waals surface area contributed by atoms with Crippen LogP contribution in [-0.4, -0.2) is 17.0 Å². The summed E-state index contributed by atoms with van der Waals surface area (Å²) in [6.45, 7) is 0. The molecule has 0 heterocycles. The van der Waals surface area contributed by atoms with E-state index in [1.807, 2.05) is 0 Å². The minimum absolute atomic E-state index is 0.000297. The van der Waals surface area contributed by atoms with Crippen molar-refractivity contribution in [3.63, 3.8) is 0 Å². The third kappa shape index (κ3) is 3.38. The van der Waals surface area contributed by atoms with E-state index in [1.54, 1.807) is 0 Å². The van der Waals surface area contributed by atoms with Crippen LogP contribution in [0.4, 0.5) is 15.8 Å². The average Bonchev–Trinajstić information content (AvgIpc) is 2.40. The molecule has 1 amide bonds. The van der Waals surface area contributed by atoms with Crippen molar-refractivity contribution in [1.82, 2.24) is 0 Å². The number of hydrogen-bond donors (Lipinski definition) is 3. The molecule has 0 saturated heterocycles. The summed E-state index contributed by atoms with van der Waals surface area (Å²) in [7, 11) is 0. The number of carboxylic acid groups (broad SMARTS) is 1. The van der Waals surface area contributed by atoms with Gasteiger partial charge in [0.2, 0.25) is 0 Å². The quantitative estimate of drug-likeness (QED) is 0.740. The van der Waals surface area contributed by atoms with Gasteiger partial charge in [0.1, 0.15) is 5.82 Å². The van der Waals surface area contributed by atoms with Crippen molar-refractivity contribution in [1.29, 1.82) is 0 Å². The first kappa shape index (κ1) is 15.0. The van der Waals surface area contributed by atoms with Gasteiger partial charge in [-0.05, 0) is 36.4 Å². The van der Waals surface area contributed by atoms with Gasteiger partial charge >= 0.3 is 5.97 Å². The minimum atomic E-state index is -1.13. The first-order valence-electron chi connectivity index (χ1n) is 5.77. The lowest BCUT2D eigenvalue weighted by atomic mass is 10.1. The standard InChI is InChI=1S/C14H10BrFN2O3/c15-8-2-3-9(10(16)6-8)13(19)18-12-4-1-7(14(20)21)5-11(12)17/h1-6H,17H2,(H,18,19)(H,20,21). The smallest absolute Gasteiger partial charge is 0.335 e. The third-order valence-electron chi connectivity index (χ3n) is 2.72. The van der Waals surface area contributed by atoms with E-state index < -0.39 is 17.7 Å². The van der Waals surface area contributed by atoms with Crippen LogP contribution in [0.5, 0.6) is 0 Å². The zero-order valence-electron chi connectivity index (χ0n) is 10.6. The Morgan fingerprint density at radius 3 is 2.48 bits per heavy atom. The molecule has 0 aromatic heterocycles. The summed E-state index contributed by atoms with van der Waals surface area (Å²) in [5.41, 5.74) is 5.83. The fourth-order valence-corrected chi connectivity index (χ4v) is 2.01. The van der Waals surface area contributed by atoms with Crippen molar-refractivity contribution in [2.45, 2.75) is 0 Å². The van der Waals surface area contributed by atoms with Crippen molar-refractivity contribution in [2.75, 3.05) is 11.1 Å². The number of rotatable bonds is 3. The number of carbonyl (C=O) groups is 2. The van der Waals surface area contributed by atoms with Crippen LogP contribution >= 0.6 is 15.9 Å². The second-order valence-electron chi connectivity index (χ2n) is 4.19. The van der Waals surface area contributed by atoms with E-state index in [2.05, 4.69) is 21.2 Å². The Kier molecular flexibility index (Phi) is 4.23. The van der Waals surface area contributed by atoms with Crippen LogP contribution in [0, 0.1) is 5.82 Å². The first-order valence-corrected chi connectivity index (χ1v) is 6.57. The van der Waals surface area contributed by atoms with Gasteiger partial charge in [0.05, 0.1) is 22.5 Å². The molecule has 0 aliphatic rings. The highest BCUT2D eigenvalue weighted by molar-refractivity contribution is 9.10. The van der Waals surface area contributed by atoms with E-state index in [-0.39, 0.29) is 22.5 Å². The fourth-order valence-electron chi connectivity index (χ4n) is 1.67. The molecule has 0 unspecified atom stereocenters. The minimum Gasteiger partial charge on any atom is -0.478 e. The molecule has 2 aromatic carbocycles. The largest absolute Gasteiger partial charge is 0.478 e. The average molecular weight is 353 g/mol. The maximum absolute atomic E-state index is 13.7. The lowest BCUT2D eigenvalue weighted by Crippen LogP contribution is -2.15. The molecule has 0 spiro atoms. The maximum Gasteiger partial charge on any atom is 0.335 e. The number of halogens is 2. The molecule has 0 aliphatic heterocycles. The van der Waals surface area contributed by atoms with Crippen LogP contribution in [0.1, 0.15) is 20.7 Å². The van der Waals surface area contributed by atoms with Gasteiger partial charge in [0.25, 0.3) is 5.91 Å². The van der Waals surface area contributed by atoms with Crippen LogP contribution < -0.4 is 11.1 Å². The second kappa shape index (κ2) is 5.92. The number of aromatic carboxylic acids is 1. The van der Waals surface area contributed by atoms with E-state index in [1.165, 1.54) is 36.4 Å². The molecule has 0 saturated carbocycles. The lowest BCUT2D eigenvalue weighted by Gasteiger charge is -2.09. The van der Waals surface area contributed by atoms with Gasteiger partial charge in [-0.1, -0.05) is 15.9 Å². The third-order valence-corrected chi connectivity index (χ3v) is 3.22. The van der Waals surface area contributed by atoms with Crippen LogP contribution in [0.3, 0.4) is 0 Å². The fraction of sp³-hybridized carbons (Fsp3) is 0. The molecular weight excluding hydrogens is 343 g/mol. The Bertz CT molecular complexity index is 734. The number of hydrogen-bond acceptors (Lipinski definition) is 3. The summed E-state index contributed by atoms with van der Waals surface area (Å²) in [6, 6.07) is 7.91. The van der Waals surface area contributed by atoms with Crippen LogP contribution in [0.15, 0.2) is 40.9 Å². The summed E-state index contributed by atoms with van der Waals surface area (Å²) in [6.07, 6.45) is 0. The van der Waals surface area contributed by atoms with Crippen molar-refractivity contribution in [3.8, 4) is 0 Å². The molecule has 0 bridgehead atoms. The second-order valence-corrected chi connectivity index (χ2v) is 5.10. The number of anilines is 2. The molecule has 2 aromatic rings. The Morgan fingerprint density at radius 1 is 1.19 bits per heavy atom. The highest BCUT2D eigenvalue weighted by Gasteiger charge is 2.14. The molecule has 108 valence electrons. The first-order chi connectivity index (χ1) is 9.88. The van der Waals surface area contributed by atoms with Crippen LogP contribution in [0.25, 0.3) is 0 Å². The predicted octanol–water partition coefficient (Wildman–Crippen LogP) is 3.12. The number of nitrogens with one attached hydrogen (secondary N) is 1. The zero-order valence-corrected chi connectivity index (χ0v) is 12.1. The molecule has 0 atom stereocenters. The van der Waals surface area contributed by atoms with E-state index in [0.717, 1.165) is 0 Å². The maximum atomic E-state index is 13.7. The summed E-state index contributed by atoms with van der Waals surface area (Å²) in [5, 5.41) is 11.3. The Labute approximate surface area is 127 Å². The topological polar surface area (TPSA) is 92.4 Å². The van der Waals surface area contributed by atoms with Crippen LogP contribution in [-0.2, 0) is 0 Å². The number of benzene rings is 2. The predicted molar refractivity (Wildman–Crippen MR) is 79.9 cm³/mol. The van der Waals surface area contributed by atoms with Gasteiger partial charge in [-0.3, -0.25) is 4.79 Å². The van der Waals surface area contributed by atoms with Gasteiger partial charge in [0, 0.05) is 4.47 Å². The summed E-state index contributed by atoms with van der Waals surface area (Å²) >= 11 is 3.10. The van der Waals surface area contributed by atoms with Gasteiger partial charge in [-0.25, -0.2) is 9.18 Å². The number of amides is 1. The molecule has 0 radical (unpaired) electrons. The molecule has 7 heteroatoms. The SMILES string of the molecule is Nc1cc(C(=O)O)ccc1NC(=O)c1ccc(Br)cc1F. The lowest BCUT2D eigenvalue weighted by molar-refractivity contribution is 0.0696. The molecular formula is C14H10BrFN2O3. The normalized spacial score (nSPS) is 10.2. The molecule has 2 rings (SSSR count). The summed E-state index contributed by atoms with van der Waals surface area (Å²) in [4.78, 5) is 22.8. The Balaban J connectivity index is 2.25. The van der Waals surface area contributed by atoms with E-state index in [0.29, 0.717) is 4.47 Å². The molecule has 0 fully saturated rings. The van der Waals surface area contributed by atoms with Crippen molar-refractivity contribution in [3.05, 3.63) is 57.8 Å². The van der Waals surface area contributed by atoms with E-state index in [9.17, 15) is 14.0 Å². The Morgan fingerprint density at radius 2 is 1.90 bits per heavy atom. The van der Waals surface area contributed by atoms with Crippen LogP contribution in [0.2, 0.25) is 0 Å². The molecule has 5 nitrogen and oxygen atoms in total. The zero-order chi connectivity index (χ0) is 15.6. The number of nitrogens with two attached hydrogens (primary N) is 1. The highest BCUT2D eigenvalue weighted by Crippen LogP contribution is 2.22. The number of carboxylic acids is 1. The monoisotopic (exact) mass is 352 g/mol. The van der Waals surface area contributed by atoms with Crippen molar-refractivity contribution >= 4 is 39.2 Å². The van der Waals surface area contributed by atoms with Gasteiger partial charge in [0.15, 0.2) is 0 Å². The summed E-state index contributed by atoms with van der Waals surface area (Å²) in [5.74, 6) is -2.48. The highest BCUT2D eigenvalue weighted by atomic mass is 79.9. The molecule has 21 heavy (non-hydrogen) atoms. The number of carbonyl (C=O) groups excluding carboxylic acids is 1. The van der Waals surface area contributed by atoms with E-state index in [4.69, 9.17) is 10.8 Å². The van der Waals surface area contributed by atoms with Gasteiger partial charge in [-0.15, -0.1) is 0 Å². The van der Waals surface area contributed by atoms with Crippen molar-refractivity contribution < 1.29 is 19.1 Å². The number of nitrogen functional groups attached to an aromatic ring is 1. The Hall–Kier alpha value is -2.41.